The molecule has 0 aliphatic heterocycles. The highest BCUT2D eigenvalue weighted by molar-refractivity contribution is 5.35. The van der Waals surface area contributed by atoms with Gasteiger partial charge in [0.15, 0.2) is 0 Å². The predicted molar refractivity (Wildman–Crippen MR) is 77.1 cm³/mol. The minimum Gasteiger partial charge on any atom is -0.493 e. The van der Waals surface area contributed by atoms with Gasteiger partial charge >= 0.3 is 0 Å². The zero-order valence-electron chi connectivity index (χ0n) is 11.3. The van der Waals surface area contributed by atoms with Crippen molar-refractivity contribution >= 4 is 0 Å². The zero-order valence-corrected chi connectivity index (χ0v) is 11.3. The van der Waals surface area contributed by atoms with E-state index in [0.29, 0.717) is 6.61 Å². The van der Waals surface area contributed by atoms with Crippen LogP contribution < -0.4 is 10.5 Å². The van der Waals surface area contributed by atoms with Gasteiger partial charge in [0.1, 0.15) is 5.75 Å². The van der Waals surface area contributed by atoms with Crippen molar-refractivity contribution in [3.63, 3.8) is 0 Å². The van der Waals surface area contributed by atoms with Gasteiger partial charge in [-0.1, -0.05) is 31.2 Å². The topological polar surface area (TPSA) is 48.1 Å². The SMILES string of the molecule is CCC(N)c1ccccc1OCCc1cccnc1. The fourth-order valence-electron chi connectivity index (χ4n) is 1.96. The van der Waals surface area contributed by atoms with Gasteiger partial charge in [0.2, 0.25) is 0 Å². The molecule has 0 saturated carbocycles. The first-order chi connectivity index (χ1) is 9.31. The Morgan fingerprint density at radius 1 is 1.21 bits per heavy atom. The van der Waals surface area contributed by atoms with Crippen LogP contribution in [0.5, 0.6) is 5.75 Å². The second kappa shape index (κ2) is 6.90. The van der Waals surface area contributed by atoms with E-state index in [1.54, 1.807) is 6.20 Å². The molecule has 1 aromatic carbocycles. The molecular formula is C16H20N2O. The lowest BCUT2D eigenvalue weighted by Gasteiger charge is -2.15. The molecule has 1 heterocycles. The molecule has 0 fully saturated rings. The molecule has 2 N–H and O–H groups in total. The van der Waals surface area contributed by atoms with Gasteiger partial charge in [-0.2, -0.15) is 0 Å². The van der Waals surface area contributed by atoms with Crippen molar-refractivity contribution < 1.29 is 4.74 Å². The molecule has 2 rings (SSSR count). The molecular weight excluding hydrogens is 236 g/mol. The maximum absolute atomic E-state index is 6.09. The first-order valence-corrected chi connectivity index (χ1v) is 6.67. The molecule has 2 aromatic rings. The molecule has 3 nitrogen and oxygen atoms in total. The Labute approximate surface area is 114 Å². The average molecular weight is 256 g/mol. The van der Waals surface area contributed by atoms with E-state index in [0.717, 1.165) is 24.2 Å². The quantitative estimate of drug-likeness (QED) is 0.864. The average Bonchev–Trinajstić information content (AvgIpc) is 2.48. The maximum Gasteiger partial charge on any atom is 0.124 e. The van der Waals surface area contributed by atoms with Gasteiger partial charge in [-0.3, -0.25) is 4.98 Å². The van der Waals surface area contributed by atoms with E-state index in [1.165, 1.54) is 5.56 Å². The van der Waals surface area contributed by atoms with Gasteiger partial charge in [0.25, 0.3) is 0 Å². The van der Waals surface area contributed by atoms with Crippen molar-refractivity contribution in [2.24, 2.45) is 5.73 Å². The minimum atomic E-state index is 0.0367. The number of benzene rings is 1. The van der Waals surface area contributed by atoms with E-state index in [-0.39, 0.29) is 6.04 Å². The monoisotopic (exact) mass is 256 g/mol. The number of aromatic nitrogens is 1. The van der Waals surface area contributed by atoms with Crippen LogP contribution in [0, 0.1) is 0 Å². The van der Waals surface area contributed by atoms with Crippen molar-refractivity contribution in [2.75, 3.05) is 6.61 Å². The first-order valence-electron chi connectivity index (χ1n) is 6.67. The number of para-hydroxylation sites is 1. The summed E-state index contributed by atoms with van der Waals surface area (Å²) in [5.74, 6) is 0.890. The van der Waals surface area contributed by atoms with Gasteiger partial charge in [-0.25, -0.2) is 0 Å². The molecule has 3 heteroatoms. The summed E-state index contributed by atoms with van der Waals surface area (Å²) in [4.78, 5) is 4.09. The van der Waals surface area contributed by atoms with Crippen LogP contribution in [0.15, 0.2) is 48.8 Å². The molecule has 0 aliphatic rings. The summed E-state index contributed by atoms with van der Waals surface area (Å²) in [6, 6.07) is 12.0. The summed E-state index contributed by atoms with van der Waals surface area (Å²) in [6.07, 6.45) is 5.40. The van der Waals surface area contributed by atoms with Crippen molar-refractivity contribution in [1.29, 1.82) is 0 Å². The van der Waals surface area contributed by atoms with Crippen LogP contribution >= 0.6 is 0 Å². The Morgan fingerprint density at radius 3 is 2.79 bits per heavy atom. The summed E-state index contributed by atoms with van der Waals surface area (Å²) in [5, 5.41) is 0. The largest absolute Gasteiger partial charge is 0.493 e. The summed E-state index contributed by atoms with van der Waals surface area (Å²) in [7, 11) is 0. The molecule has 0 bridgehead atoms. The van der Waals surface area contributed by atoms with Gasteiger partial charge < -0.3 is 10.5 Å². The summed E-state index contributed by atoms with van der Waals surface area (Å²) < 4.78 is 5.86. The van der Waals surface area contributed by atoms with Crippen LogP contribution in [0.4, 0.5) is 0 Å². The number of hydrogen-bond donors (Lipinski definition) is 1. The summed E-state index contributed by atoms with van der Waals surface area (Å²) in [6.45, 7) is 2.72. The van der Waals surface area contributed by atoms with Crippen molar-refractivity contribution in [2.45, 2.75) is 25.8 Å². The van der Waals surface area contributed by atoms with E-state index in [9.17, 15) is 0 Å². The third-order valence-corrected chi connectivity index (χ3v) is 3.13. The fraction of sp³-hybridized carbons (Fsp3) is 0.312. The van der Waals surface area contributed by atoms with Gasteiger partial charge in [-0.15, -0.1) is 0 Å². The molecule has 0 radical (unpaired) electrons. The summed E-state index contributed by atoms with van der Waals surface area (Å²) in [5.41, 5.74) is 8.35. The summed E-state index contributed by atoms with van der Waals surface area (Å²) >= 11 is 0. The lowest BCUT2D eigenvalue weighted by Crippen LogP contribution is -2.11. The lowest BCUT2D eigenvalue weighted by molar-refractivity contribution is 0.316. The molecule has 100 valence electrons. The number of hydrogen-bond acceptors (Lipinski definition) is 3. The van der Waals surface area contributed by atoms with Crippen molar-refractivity contribution in [3.8, 4) is 5.75 Å². The second-order valence-electron chi connectivity index (χ2n) is 4.51. The first kappa shape index (κ1) is 13.6. The van der Waals surface area contributed by atoms with Crippen LogP contribution in [-0.2, 0) is 6.42 Å². The Morgan fingerprint density at radius 2 is 2.05 bits per heavy atom. The minimum absolute atomic E-state index is 0.0367. The van der Waals surface area contributed by atoms with E-state index in [1.807, 2.05) is 36.5 Å². The molecule has 0 saturated heterocycles. The van der Waals surface area contributed by atoms with Crippen molar-refractivity contribution in [1.82, 2.24) is 4.98 Å². The second-order valence-corrected chi connectivity index (χ2v) is 4.51. The number of rotatable bonds is 6. The van der Waals surface area contributed by atoms with Gasteiger partial charge in [0.05, 0.1) is 6.61 Å². The van der Waals surface area contributed by atoms with Crippen LogP contribution in [-0.4, -0.2) is 11.6 Å². The molecule has 1 atom stereocenters. The third kappa shape index (κ3) is 3.80. The Kier molecular flexibility index (Phi) is 4.93. The fourth-order valence-corrected chi connectivity index (χ4v) is 1.96. The standard InChI is InChI=1S/C16H20N2O/c1-2-15(17)14-7-3-4-8-16(14)19-11-9-13-6-5-10-18-12-13/h3-8,10,12,15H,2,9,11,17H2,1H3. The van der Waals surface area contributed by atoms with Crippen LogP contribution in [0.1, 0.15) is 30.5 Å². The molecule has 0 aliphatic carbocycles. The van der Waals surface area contributed by atoms with Gasteiger partial charge in [0, 0.05) is 30.4 Å². The molecule has 0 amide bonds. The van der Waals surface area contributed by atoms with E-state index >= 15 is 0 Å². The maximum atomic E-state index is 6.09. The van der Waals surface area contributed by atoms with E-state index < -0.39 is 0 Å². The number of ether oxygens (including phenoxy) is 1. The molecule has 1 unspecified atom stereocenters. The van der Waals surface area contributed by atoms with Crippen LogP contribution in [0.3, 0.4) is 0 Å². The van der Waals surface area contributed by atoms with E-state index in [4.69, 9.17) is 10.5 Å². The number of nitrogens with zero attached hydrogens (tertiary/aromatic N) is 1. The van der Waals surface area contributed by atoms with Crippen LogP contribution in [0.25, 0.3) is 0 Å². The Bertz CT molecular complexity index is 499. The Hall–Kier alpha value is -1.87. The number of pyridine rings is 1. The zero-order chi connectivity index (χ0) is 13.5. The van der Waals surface area contributed by atoms with E-state index in [2.05, 4.69) is 18.0 Å². The third-order valence-electron chi connectivity index (χ3n) is 3.13. The normalized spacial score (nSPS) is 12.1. The van der Waals surface area contributed by atoms with Gasteiger partial charge in [-0.05, 0) is 24.1 Å². The predicted octanol–water partition coefficient (Wildman–Crippen LogP) is 3.11. The van der Waals surface area contributed by atoms with Crippen molar-refractivity contribution in [3.05, 3.63) is 59.9 Å². The highest BCUT2D eigenvalue weighted by Crippen LogP contribution is 2.25. The molecule has 1 aromatic heterocycles. The van der Waals surface area contributed by atoms with Crippen LogP contribution in [0.2, 0.25) is 0 Å². The lowest BCUT2D eigenvalue weighted by atomic mass is 10.0. The molecule has 0 spiro atoms. The smallest absolute Gasteiger partial charge is 0.124 e. The highest BCUT2D eigenvalue weighted by Gasteiger charge is 2.09. The highest BCUT2D eigenvalue weighted by atomic mass is 16.5. The molecule has 19 heavy (non-hydrogen) atoms. The number of nitrogens with two attached hydrogens (primary N) is 1. The Balaban J connectivity index is 1.96.